The van der Waals surface area contributed by atoms with Crippen LogP contribution in [0.25, 0.3) is 21.8 Å². The van der Waals surface area contributed by atoms with Crippen molar-refractivity contribution in [3.63, 3.8) is 0 Å². The van der Waals surface area contributed by atoms with Gasteiger partial charge in [-0.05, 0) is 37.6 Å². The van der Waals surface area contributed by atoms with E-state index in [0.717, 1.165) is 12.1 Å². The highest BCUT2D eigenvalue weighted by Gasteiger charge is 2.10. The molecule has 2 aromatic carbocycles. The van der Waals surface area contributed by atoms with Crippen molar-refractivity contribution < 1.29 is 5.11 Å². The average Bonchev–Trinajstić information content (AvgIpc) is 2.71. The van der Waals surface area contributed by atoms with Crippen molar-refractivity contribution in [3.8, 4) is 0 Å². The molecule has 1 aromatic heterocycles. The third kappa shape index (κ3) is 1.53. The van der Waals surface area contributed by atoms with Gasteiger partial charge in [0.25, 0.3) is 0 Å². The maximum atomic E-state index is 9.71. The minimum atomic E-state index is -0.418. The molecule has 3 rings (SSSR count). The van der Waals surface area contributed by atoms with Crippen molar-refractivity contribution in [3.05, 3.63) is 48.0 Å². The van der Waals surface area contributed by atoms with Crippen LogP contribution in [0.4, 0.5) is 0 Å². The molecule has 92 valence electrons. The molecule has 1 N–H and O–H groups in total. The molecule has 2 nitrogen and oxygen atoms in total. The molecule has 0 aliphatic carbocycles. The molecular weight excluding hydrogens is 222 g/mol. The van der Waals surface area contributed by atoms with Gasteiger partial charge < -0.3 is 9.67 Å². The highest BCUT2D eigenvalue weighted by molar-refractivity contribution is 6.08. The van der Waals surface area contributed by atoms with Gasteiger partial charge in [-0.1, -0.05) is 24.3 Å². The molecule has 2 heteroatoms. The van der Waals surface area contributed by atoms with E-state index in [0.29, 0.717) is 0 Å². The van der Waals surface area contributed by atoms with Gasteiger partial charge in [-0.15, -0.1) is 0 Å². The fourth-order valence-electron chi connectivity index (χ4n) is 2.67. The summed E-state index contributed by atoms with van der Waals surface area (Å²) >= 11 is 0. The zero-order valence-corrected chi connectivity index (χ0v) is 10.7. The fourth-order valence-corrected chi connectivity index (χ4v) is 2.67. The number of aromatic nitrogens is 1. The van der Waals surface area contributed by atoms with Gasteiger partial charge in [0.1, 0.15) is 0 Å². The van der Waals surface area contributed by atoms with E-state index in [4.69, 9.17) is 0 Å². The van der Waals surface area contributed by atoms with E-state index in [1.807, 2.05) is 6.07 Å². The maximum absolute atomic E-state index is 9.71. The SMILES string of the molecule is CCn1c2ccccc2c2cc([C@@H](C)O)ccc21. The summed E-state index contributed by atoms with van der Waals surface area (Å²) in [4.78, 5) is 0. The monoisotopic (exact) mass is 239 g/mol. The van der Waals surface area contributed by atoms with Crippen LogP contribution in [0.15, 0.2) is 42.5 Å². The Labute approximate surface area is 106 Å². The van der Waals surface area contributed by atoms with Crippen LogP contribution in [0.5, 0.6) is 0 Å². The molecule has 0 aliphatic heterocycles. The van der Waals surface area contributed by atoms with Crippen molar-refractivity contribution in [2.45, 2.75) is 26.5 Å². The molecule has 1 atom stereocenters. The van der Waals surface area contributed by atoms with Gasteiger partial charge in [-0.25, -0.2) is 0 Å². The predicted molar refractivity (Wildman–Crippen MR) is 75.8 cm³/mol. The number of aliphatic hydroxyl groups excluding tert-OH is 1. The van der Waals surface area contributed by atoms with E-state index in [-0.39, 0.29) is 0 Å². The van der Waals surface area contributed by atoms with E-state index < -0.39 is 6.10 Å². The Balaban J connectivity index is 2.45. The van der Waals surface area contributed by atoms with Gasteiger partial charge in [0.05, 0.1) is 6.10 Å². The topological polar surface area (TPSA) is 25.2 Å². The number of aliphatic hydroxyl groups is 1. The molecule has 18 heavy (non-hydrogen) atoms. The van der Waals surface area contributed by atoms with Crippen LogP contribution < -0.4 is 0 Å². The number of aryl methyl sites for hydroxylation is 1. The Morgan fingerprint density at radius 3 is 2.50 bits per heavy atom. The fraction of sp³-hybridized carbons (Fsp3) is 0.250. The van der Waals surface area contributed by atoms with E-state index in [1.165, 1.54) is 21.8 Å². The van der Waals surface area contributed by atoms with Gasteiger partial charge in [0, 0.05) is 28.4 Å². The first-order valence-electron chi connectivity index (χ1n) is 6.41. The molecule has 0 spiro atoms. The summed E-state index contributed by atoms with van der Waals surface area (Å²) in [6.07, 6.45) is -0.418. The highest BCUT2D eigenvalue weighted by atomic mass is 16.3. The van der Waals surface area contributed by atoms with Crippen LogP contribution in [0.1, 0.15) is 25.5 Å². The van der Waals surface area contributed by atoms with E-state index >= 15 is 0 Å². The normalized spacial score (nSPS) is 13.3. The molecule has 0 aliphatic rings. The molecule has 0 radical (unpaired) electrons. The number of rotatable bonds is 2. The van der Waals surface area contributed by atoms with E-state index in [1.54, 1.807) is 6.92 Å². The molecule has 0 bridgehead atoms. The maximum Gasteiger partial charge on any atom is 0.0762 e. The largest absolute Gasteiger partial charge is 0.389 e. The van der Waals surface area contributed by atoms with Crippen molar-refractivity contribution in [1.29, 1.82) is 0 Å². The Morgan fingerprint density at radius 2 is 1.78 bits per heavy atom. The lowest BCUT2D eigenvalue weighted by Crippen LogP contribution is -1.94. The Kier molecular flexibility index (Phi) is 2.60. The second kappa shape index (κ2) is 4.14. The van der Waals surface area contributed by atoms with Crippen LogP contribution in [0, 0.1) is 0 Å². The van der Waals surface area contributed by atoms with Crippen LogP contribution in [-0.2, 0) is 6.54 Å². The molecular formula is C16H17NO. The summed E-state index contributed by atoms with van der Waals surface area (Å²) in [5, 5.41) is 12.2. The van der Waals surface area contributed by atoms with Gasteiger partial charge in [0.2, 0.25) is 0 Å². The van der Waals surface area contributed by atoms with Crippen molar-refractivity contribution in [2.24, 2.45) is 0 Å². The Hall–Kier alpha value is -1.80. The van der Waals surface area contributed by atoms with Gasteiger partial charge >= 0.3 is 0 Å². The zero-order valence-electron chi connectivity index (χ0n) is 10.7. The standard InChI is InChI=1S/C16H17NO/c1-3-17-15-7-5-4-6-13(15)14-10-12(11(2)18)8-9-16(14)17/h4-11,18H,3H2,1-2H3/t11-/m1/s1. The minimum absolute atomic E-state index is 0.418. The zero-order chi connectivity index (χ0) is 12.7. The van der Waals surface area contributed by atoms with Gasteiger partial charge in [0.15, 0.2) is 0 Å². The molecule has 0 amide bonds. The van der Waals surface area contributed by atoms with Crippen LogP contribution >= 0.6 is 0 Å². The summed E-state index contributed by atoms with van der Waals surface area (Å²) in [6, 6.07) is 14.7. The first kappa shape index (κ1) is 11.3. The summed E-state index contributed by atoms with van der Waals surface area (Å²) in [5.74, 6) is 0. The lowest BCUT2D eigenvalue weighted by atomic mass is 10.1. The molecule has 0 unspecified atom stereocenters. The lowest BCUT2D eigenvalue weighted by molar-refractivity contribution is 0.199. The predicted octanol–water partition coefficient (Wildman–Crippen LogP) is 3.87. The first-order chi connectivity index (χ1) is 8.72. The first-order valence-corrected chi connectivity index (χ1v) is 6.41. The molecule has 3 aromatic rings. The summed E-state index contributed by atoms with van der Waals surface area (Å²) in [6.45, 7) is 4.92. The van der Waals surface area contributed by atoms with E-state index in [2.05, 4.69) is 47.9 Å². The van der Waals surface area contributed by atoms with Crippen molar-refractivity contribution >= 4 is 21.8 Å². The van der Waals surface area contributed by atoms with Gasteiger partial charge in [-0.3, -0.25) is 0 Å². The quantitative estimate of drug-likeness (QED) is 0.721. The Bertz CT molecular complexity index is 710. The smallest absolute Gasteiger partial charge is 0.0762 e. The number of nitrogens with zero attached hydrogens (tertiary/aromatic N) is 1. The number of para-hydroxylation sites is 1. The number of hydrogen-bond donors (Lipinski definition) is 1. The molecule has 0 saturated heterocycles. The highest BCUT2D eigenvalue weighted by Crippen LogP contribution is 2.30. The average molecular weight is 239 g/mol. The van der Waals surface area contributed by atoms with Gasteiger partial charge in [-0.2, -0.15) is 0 Å². The summed E-state index contributed by atoms with van der Waals surface area (Å²) in [7, 11) is 0. The lowest BCUT2D eigenvalue weighted by Gasteiger charge is -2.06. The van der Waals surface area contributed by atoms with Crippen LogP contribution in [0.2, 0.25) is 0 Å². The minimum Gasteiger partial charge on any atom is -0.389 e. The molecule has 0 saturated carbocycles. The van der Waals surface area contributed by atoms with E-state index in [9.17, 15) is 5.11 Å². The van der Waals surface area contributed by atoms with Crippen molar-refractivity contribution in [2.75, 3.05) is 0 Å². The second-order valence-corrected chi connectivity index (χ2v) is 4.71. The summed E-state index contributed by atoms with van der Waals surface area (Å²) < 4.78 is 2.32. The molecule has 1 heterocycles. The third-order valence-electron chi connectivity index (χ3n) is 3.60. The number of hydrogen-bond acceptors (Lipinski definition) is 1. The number of benzene rings is 2. The number of fused-ring (bicyclic) bond motifs is 3. The van der Waals surface area contributed by atoms with Crippen LogP contribution in [0.3, 0.4) is 0 Å². The second-order valence-electron chi connectivity index (χ2n) is 4.71. The third-order valence-corrected chi connectivity index (χ3v) is 3.60. The molecule has 0 fully saturated rings. The van der Waals surface area contributed by atoms with Crippen molar-refractivity contribution in [1.82, 2.24) is 4.57 Å². The Morgan fingerprint density at radius 1 is 1.06 bits per heavy atom. The van der Waals surface area contributed by atoms with Crippen LogP contribution in [-0.4, -0.2) is 9.67 Å². The summed E-state index contributed by atoms with van der Waals surface area (Å²) in [5.41, 5.74) is 3.47.